The van der Waals surface area contributed by atoms with Crippen LogP contribution in [0, 0.1) is 0 Å². The quantitative estimate of drug-likeness (QED) is 0.630. The standard InChI is InChI=1S/C19H19BrN4O2/c20-15-6-3-5-14(13-15)19(8-9-19)17(25)21-10-4-12-24-18(26)23-11-2-1-7-16(23)22-24/h1-3,5-7,11,13H,4,8-10,12H2,(H,21,25). The lowest BCUT2D eigenvalue weighted by molar-refractivity contribution is -0.123. The highest BCUT2D eigenvalue weighted by Crippen LogP contribution is 2.48. The summed E-state index contributed by atoms with van der Waals surface area (Å²) in [5.74, 6) is 0.0675. The number of hydrogen-bond acceptors (Lipinski definition) is 3. The number of halogens is 1. The topological polar surface area (TPSA) is 68.4 Å². The highest BCUT2D eigenvalue weighted by molar-refractivity contribution is 9.10. The fourth-order valence-electron chi connectivity index (χ4n) is 3.27. The van der Waals surface area contributed by atoms with Crippen molar-refractivity contribution in [3.05, 3.63) is 69.2 Å². The Bertz CT molecular complexity index is 1020. The van der Waals surface area contributed by atoms with Gasteiger partial charge in [-0.15, -0.1) is 5.10 Å². The first-order chi connectivity index (χ1) is 12.6. The van der Waals surface area contributed by atoms with Gasteiger partial charge in [-0.1, -0.05) is 34.1 Å². The van der Waals surface area contributed by atoms with Crippen molar-refractivity contribution in [3.63, 3.8) is 0 Å². The van der Waals surface area contributed by atoms with E-state index in [0.29, 0.717) is 25.2 Å². The molecule has 2 aromatic heterocycles. The lowest BCUT2D eigenvalue weighted by Gasteiger charge is -2.16. The maximum Gasteiger partial charge on any atom is 0.350 e. The van der Waals surface area contributed by atoms with E-state index in [1.165, 1.54) is 9.08 Å². The molecule has 0 aliphatic heterocycles. The molecule has 1 aliphatic carbocycles. The van der Waals surface area contributed by atoms with Crippen molar-refractivity contribution in [1.29, 1.82) is 0 Å². The highest BCUT2D eigenvalue weighted by Gasteiger charge is 2.51. The molecule has 0 bridgehead atoms. The first kappa shape index (κ1) is 17.0. The molecule has 1 amide bonds. The number of aromatic nitrogens is 3. The molecule has 2 heterocycles. The Morgan fingerprint density at radius 2 is 2.08 bits per heavy atom. The van der Waals surface area contributed by atoms with E-state index in [1.807, 2.05) is 30.3 Å². The van der Waals surface area contributed by atoms with Crippen molar-refractivity contribution in [3.8, 4) is 0 Å². The molecular weight excluding hydrogens is 396 g/mol. The van der Waals surface area contributed by atoms with Crippen LogP contribution in [0.4, 0.5) is 0 Å². The molecule has 1 aliphatic rings. The van der Waals surface area contributed by atoms with Crippen LogP contribution < -0.4 is 11.0 Å². The van der Waals surface area contributed by atoms with Crippen LogP contribution in [0.3, 0.4) is 0 Å². The van der Waals surface area contributed by atoms with Crippen molar-refractivity contribution < 1.29 is 4.79 Å². The number of fused-ring (bicyclic) bond motifs is 1. The molecule has 0 radical (unpaired) electrons. The third-order valence-electron chi connectivity index (χ3n) is 4.88. The molecule has 7 heteroatoms. The Morgan fingerprint density at radius 3 is 2.81 bits per heavy atom. The summed E-state index contributed by atoms with van der Waals surface area (Å²) in [5.41, 5.74) is 1.15. The molecule has 26 heavy (non-hydrogen) atoms. The van der Waals surface area contributed by atoms with Gasteiger partial charge in [0, 0.05) is 23.8 Å². The van der Waals surface area contributed by atoms with Crippen molar-refractivity contribution in [2.75, 3.05) is 6.54 Å². The molecule has 134 valence electrons. The summed E-state index contributed by atoms with van der Waals surface area (Å²) in [7, 11) is 0. The molecule has 0 unspecified atom stereocenters. The second kappa shape index (κ2) is 6.72. The number of carbonyl (C=O) groups is 1. The summed E-state index contributed by atoms with van der Waals surface area (Å²) < 4.78 is 3.95. The maximum absolute atomic E-state index is 12.6. The van der Waals surface area contributed by atoms with Crippen LogP contribution in [0.2, 0.25) is 0 Å². The van der Waals surface area contributed by atoms with Crippen LogP contribution >= 0.6 is 15.9 Å². The zero-order valence-corrected chi connectivity index (χ0v) is 15.8. The number of pyridine rings is 1. The Kier molecular flexibility index (Phi) is 4.40. The van der Waals surface area contributed by atoms with Gasteiger partial charge in [0.2, 0.25) is 5.91 Å². The van der Waals surface area contributed by atoms with E-state index in [1.54, 1.807) is 18.3 Å². The van der Waals surface area contributed by atoms with Crippen molar-refractivity contribution >= 4 is 27.5 Å². The van der Waals surface area contributed by atoms with Gasteiger partial charge in [0.05, 0.1) is 5.41 Å². The van der Waals surface area contributed by atoms with Crippen LogP contribution in [-0.2, 0) is 16.8 Å². The monoisotopic (exact) mass is 414 g/mol. The average Bonchev–Trinajstić information content (AvgIpc) is 3.40. The lowest BCUT2D eigenvalue weighted by atomic mass is 9.95. The van der Waals surface area contributed by atoms with E-state index >= 15 is 0 Å². The number of carbonyl (C=O) groups excluding carboxylic acids is 1. The zero-order chi connectivity index (χ0) is 18.1. The summed E-state index contributed by atoms with van der Waals surface area (Å²) in [6, 6.07) is 13.4. The van der Waals surface area contributed by atoms with E-state index in [4.69, 9.17) is 0 Å². The molecule has 0 atom stereocenters. The van der Waals surface area contributed by atoms with Crippen molar-refractivity contribution in [2.24, 2.45) is 0 Å². The molecule has 1 saturated carbocycles. The van der Waals surface area contributed by atoms with Gasteiger partial charge in [-0.3, -0.25) is 9.20 Å². The van der Waals surface area contributed by atoms with E-state index in [0.717, 1.165) is 22.9 Å². The van der Waals surface area contributed by atoms with Crippen LogP contribution in [-0.4, -0.2) is 26.6 Å². The second-order valence-electron chi connectivity index (χ2n) is 6.64. The number of rotatable bonds is 6. The van der Waals surface area contributed by atoms with Gasteiger partial charge >= 0.3 is 5.69 Å². The minimum atomic E-state index is -0.385. The summed E-state index contributed by atoms with van der Waals surface area (Å²) in [5, 5.41) is 7.32. The first-order valence-electron chi connectivity index (χ1n) is 8.69. The van der Waals surface area contributed by atoms with E-state index in [-0.39, 0.29) is 17.0 Å². The molecule has 1 N–H and O–H groups in total. The molecule has 0 saturated heterocycles. The van der Waals surface area contributed by atoms with Crippen LogP contribution in [0.1, 0.15) is 24.8 Å². The Balaban J connectivity index is 1.35. The molecule has 1 fully saturated rings. The zero-order valence-electron chi connectivity index (χ0n) is 14.2. The van der Waals surface area contributed by atoms with Gasteiger partial charge in [-0.25, -0.2) is 9.48 Å². The average molecular weight is 415 g/mol. The van der Waals surface area contributed by atoms with Crippen molar-refractivity contribution in [1.82, 2.24) is 19.5 Å². The van der Waals surface area contributed by atoms with E-state index < -0.39 is 0 Å². The first-order valence-corrected chi connectivity index (χ1v) is 9.48. The molecule has 6 nitrogen and oxygen atoms in total. The van der Waals surface area contributed by atoms with E-state index in [2.05, 4.69) is 26.3 Å². The summed E-state index contributed by atoms with van der Waals surface area (Å²) in [6.07, 6.45) is 4.12. The van der Waals surface area contributed by atoms with Crippen molar-refractivity contribution in [2.45, 2.75) is 31.2 Å². The largest absolute Gasteiger partial charge is 0.355 e. The van der Waals surface area contributed by atoms with Crippen LogP contribution in [0.25, 0.3) is 5.65 Å². The Labute approximate surface area is 159 Å². The van der Waals surface area contributed by atoms with Crippen LogP contribution in [0.15, 0.2) is 57.9 Å². The van der Waals surface area contributed by atoms with Gasteiger partial charge in [-0.05, 0) is 49.1 Å². The number of nitrogens with one attached hydrogen (secondary N) is 1. The summed E-state index contributed by atoms with van der Waals surface area (Å²) in [6.45, 7) is 1.000. The van der Waals surface area contributed by atoms with Gasteiger partial charge in [0.15, 0.2) is 5.65 Å². The summed E-state index contributed by atoms with van der Waals surface area (Å²) in [4.78, 5) is 24.9. The number of nitrogens with zero attached hydrogens (tertiary/aromatic N) is 3. The summed E-state index contributed by atoms with van der Waals surface area (Å²) >= 11 is 3.47. The SMILES string of the molecule is O=C(NCCCn1nc2ccccn2c1=O)C1(c2cccc(Br)c2)CC1. The predicted octanol–water partition coefficient (Wildman–Crippen LogP) is 2.50. The fraction of sp³-hybridized carbons (Fsp3) is 0.316. The Morgan fingerprint density at radius 1 is 1.23 bits per heavy atom. The number of hydrogen-bond donors (Lipinski definition) is 1. The Hall–Kier alpha value is -2.41. The van der Waals surface area contributed by atoms with Gasteiger partial charge in [0.25, 0.3) is 0 Å². The minimum Gasteiger partial charge on any atom is -0.355 e. The van der Waals surface area contributed by atoms with Gasteiger partial charge < -0.3 is 5.32 Å². The maximum atomic E-state index is 12.6. The molecule has 3 aromatic rings. The molecule has 0 spiro atoms. The third kappa shape index (κ3) is 3.07. The smallest absolute Gasteiger partial charge is 0.350 e. The molecule has 4 rings (SSSR count). The lowest BCUT2D eigenvalue weighted by Crippen LogP contribution is -2.36. The second-order valence-corrected chi connectivity index (χ2v) is 7.55. The normalized spacial score (nSPS) is 15.1. The number of benzene rings is 1. The van der Waals surface area contributed by atoms with Gasteiger partial charge in [-0.2, -0.15) is 0 Å². The predicted molar refractivity (Wildman–Crippen MR) is 102 cm³/mol. The van der Waals surface area contributed by atoms with Crippen LogP contribution in [0.5, 0.6) is 0 Å². The molecular formula is C19H19BrN4O2. The molecule has 1 aromatic carbocycles. The third-order valence-corrected chi connectivity index (χ3v) is 5.38. The van der Waals surface area contributed by atoms with E-state index in [9.17, 15) is 9.59 Å². The fourth-order valence-corrected chi connectivity index (χ4v) is 3.67. The highest BCUT2D eigenvalue weighted by atomic mass is 79.9. The minimum absolute atomic E-state index is 0.0675. The number of aryl methyl sites for hydroxylation is 1. The number of amides is 1. The van der Waals surface area contributed by atoms with Gasteiger partial charge in [0.1, 0.15) is 0 Å².